The standard InChI is InChI=1S/C29H37FN4O4/c1-35-25-9-8-21-18-27-28(26(21)20-25)34(33-29(27)32-24-7-2-4-22(30)19-24)11-13-37-15-17-38-16-14-36-12-10-31-23-5-3-6-23/h2,4,7-9,19-20,23,31H,3,5-6,10-18H2,1H3,(H,32,33). The smallest absolute Gasteiger partial charge is 0.156 e. The summed E-state index contributed by atoms with van der Waals surface area (Å²) in [5.74, 6) is 1.24. The molecule has 5 rings (SSSR count). The van der Waals surface area contributed by atoms with Crippen molar-refractivity contribution >= 4 is 11.5 Å². The fourth-order valence-electron chi connectivity index (χ4n) is 4.82. The molecule has 9 heteroatoms. The average Bonchev–Trinajstić information content (AvgIpc) is 3.43. The summed E-state index contributed by atoms with van der Waals surface area (Å²) in [4.78, 5) is 0. The molecule has 0 radical (unpaired) electrons. The molecule has 1 heterocycles. The molecule has 0 bridgehead atoms. The molecule has 2 aliphatic carbocycles. The Hall–Kier alpha value is -2.98. The summed E-state index contributed by atoms with van der Waals surface area (Å²) in [5.41, 5.74) is 5.11. The van der Waals surface area contributed by atoms with Gasteiger partial charge in [0.1, 0.15) is 11.6 Å². The first kappa shape index (κ1) is 26.6. The van der Waals surface area contributed by atoms with Crippen LogP contribution in [0.2, 0.25) is 0 Å². The Labute approximate surface area is 223 Å². The monoisotopic (exact) mass is 524 g/mol. The number of nitrogens with zero attached hydrogens (tertiary/aromatic N) is 2. The van der Waals surface area contributed by atoms with Crippen molar-refractivity contribution in [3.05, 3.63) is 59.4 Å². The molecular formula is C29H37FN4O4. The predicted molar refractivity (Wildman–Crippen MR) is 145 cm³/mol. The quantitative estimate of drug-likeness (QED) is 0.208. The second-order valence-electron chi connectivity index (χ2n) is 9.65. The first-order chi connectivity index (χ1) is 18.7. The topological polar surface area (TPSA) is 78.8 Å². The van der Waals surface area contributed by atoms with E-state index in [4.69, 9.17) is 24.0 Å². The summed E-state index contributed by atoms with van der Waals surface area (Å²) in [5, 5.41) is 11.6. The lowest BCUT2D eigenvalue weighted by Crippen LogP contribution is -2.37. The molecule has 204 valence electrons. The summed E-state index contributed by atoms with van der Waals surface area (Å²) < 4.78 is 38.2. The van der Waals surface area contributed by atoms with E-state index in [0.717, 1.165) is 48.0 Å². The number of halogens is 1. The largest absolute Gasteiger partial charge is 0.497 e. The Bertz CT molecular complexity index is 1200. The van der Waals surface area contributed by atoms with Gasteiger partial charge in [0.25, 0.3) is 0 Å². The lowest BCUT2D eigenvalue weighted by atomic mass is 9.93. The molecule has 2 N–H and O–H groups in total. The number of hydrogen-bond donors (Lipinski definition) is 2. The van der Waals surface area contributed by atoms with Crippen LogP contribution >= 0.6 is 0 Å². The van der Waals surface area contributed by atoms with Crippen LogP contribution in [0.5, 0.6) is 5.75 Å². The lowest BCUT2D eigenvalue weighted by Gasteiger charge is -2.26. The summed E-state index contributed by atoms with van der Waals surface area (Å²) in [6.07, 6.45) is 4.68. The molecule has 3 aromatic rings. The number of anilines is 2. The summed E-state index contributed by atoms with van der Waals surface area (Å²) in [6, 6.07) is 13.2. The highest BCUT2D eigenvalue weighted by Gasteiger charge is 2.28. The Kier molecular flexibility index (Phi) is 9.24. The molecular weight excluding hydrogens is 487 g/mol. The molecule has 0 aliphatic heterocycles. The average molecular weight is 525 g/mol. The molecule has 0 spiro atoms. The SMILES string of the molecule is COc1ccc2c(c1)-c1c(c(Nc3cccc(F)c3)nn1CCOCCOCCOCCNC1CCC1)C2. The van der Waals surface area contributed by atoms with Crippen molar-refractivity contribution in [2.75, 3.05) is 58.6 Å². The minimum atomic E-state index is -0.290. The first-order valence-electron chi connectivity index (χ1n) is 13.5. The van der Waals surface area contributed by atoms with Gasteiger partial charge in [-0.3, -0.25) is 4.68 Å². The molecule has 1 fully saturated rings. The van der Waals surface area contributed by atoms with Gasteiger partial charge in [0, 0.05) is 35.8 Å². The molecule has 0 saturated heterocycles. The van der Waals surface area contributed by atoms with E-state index in [9.17, 15) is 4.39 Å². The van der Waals surface area contributed by atoms with E-state index >= 15 is 0 Å². The molecule has 8 nitrogen and oxygen atoms in total. The van der Waals surface area contributed by atoms with Crippen LogP contribution in [0.4, 0.5) is 15.9 Å². The molecule has 1 aromatic heterocycles. The van der Waals surface area contributed by atoms with Gasteiger partial charge in [-0.1, -0.05) is 18.6 Å². The predicted octanol–water partition coefficient (Wildman–Crippen LogP) is 4.54. The van der Waals surface area contributed by atoms with Crippen LogP contribution in [-0.2, 0) is 27.2 Å². The molecule has 38 heavy (non-hydrogen) atoms. The third-order valence-corrected chi connectivity index (χ3v) is 7.05. The van der Waals surface area contributed by atoms with Crippen molar-refractivity contribution in [1.29, 1.82) is 0 Å². The maximum Gasteiger partial charge on any atom is 0.156 e. The Morgan fingerprint density at radius 3 is 2.50 bits per heavy atom. The molecule has 0 unspecified atom stereocenters. The maximum atomic E-state index is 13.8. The number of rotatable bonds is 16. The van der Waals surface area contributed by atoms with Crippen LogP contribution in [0, 0.1) is 5.82 Å². The van der Waals surface area contributed by atoms with Gasteiger partial charge in [-0.15, -0.1) is 0 Å². The zero-order valence-corrected chi connectivity index (χ0v) is 22.0. The van der Waals surface area contributed by atoms with Crippen molar-refractivity contribution in [2.45, 2.75) is 38.3 Å². The number of aromatic nitrogens is 2. The fraction of sp³-hybridized carbons (Fsp3) is 0.483. The normalized spacial score (nSPS) is 14.3. The minimum Gasteiger partial charge on any atom is -0.497 e. The van der Waals surface area contributed by atoms with Gasteiger partial charge in [0.05, 0.1) is 59.0 Å². The number of nitrogens with one attached hydrogen (secondary N) is 2. The number of fused-ring (bicyclic) bond motifs is 3. The Balaban J connectivity index is 1.10. The fourth-order valence-corrected chi connectivity index (χ4v) is 4.82. The zero-order chi connectivity index (χ0) is 26.2. The maximum absolute atomic E-state index is 13.8. The van der Waals surface area contributed by atoms with Crippen LogP contribution in [0.25, 0.3) is 11.3 Å². The van der Waals surface area contributed by atoms with Gasteiger partial charge in [-0.2, -0.15) is 5.10 Å². The van der Waals surface area contributed by atoms with E-state index in [1.807, 2.05) is 22.9 Å². The molecule has 1 saturated carbocycles. The van der Waals surface area contributed by atoms with Crippen molar-refractivity contribution < 1.29 is 23.3 Å². The number of hydrogen-bond acceptors (Lipinski definition) is 7. The third-order valence-electron chi connectivity index (χ3n) is 7.05. The molecule has 2 aliphatic rings. The second kappa shape index (κ2) is 13.2. The molecule has 2 aromatic carbocycles. The first-order valence-corrected chi connectivity index (χ1v) is 13.5. The van der Waals surface area contributed by atoms with Gasteiger partial charge < -0.3 is 29.6 Å². The number of ether oxygens (including phenoxy) is 4. The lowest BCUT2D eigenvalue weighted by molar-refractivity contribution is 0.0129. The molecule has 0 amide bonds. The van der Waals surface area contributed by atoms with E-state index in [1.165, 1.54) is 37.0 Å². The highest BCUT2D eigenvalue weighted by molar-refractivity contribution is 5.81. The van der Waals surface area contributed by atoms with Crippen molar-refractivity contribution in [2.24, 2.45) is 0 Å². The summed E-state index contributed by atoms with van der Waals surface area (Å²) in [7, 11) is 1.67. The van der Waals surface area contributed by atoms with Crippen LogP contribution in [-0.4, -0.2) is 69.1 Å². The van der Waals surface area contributed by atoms with Gasteiger partial charge in [0.2, 0.25) is 0 Å². The van der Waals surface area contributed by atoms with Crippen LogP contribution in [0.15, 0.2) is 42.5 Å². The highest BCUT2D eigenvalue weighted by atomic mass is 19.1. The van der Waals surface area contributed by atoms with Gasteiger partial charge in [-0.25, -0.2) is 4.39 Å². The van der Waals surface area contributed by atoms with E-state index in [1.54, 1.807) is 13.2 Å². The van der Waals surface area contributed by atoms with E-state index < -0.39 is 0 Å². The number of methoxy groups -OCH3 is 1. The Morgan fingerprint density at radius 1 is 0.974 bits per heavy atom. The van der Waals surface area contributed by atoms with Crippen molar-refractivity contribution in [3.8, 4) is 17.0 Å². The summed E-state index contributed by atoms with van der Waals surface area (Å²) >= 11 is 0. The van der Waals surface area contributed by atoms with E-state index in [2.05, 4.69) is 16.7 Å². The highest BCUT2D eigenvalue weighted by Crippen LogP contribution is 2.42. The minimum absolute atomic E-state index is 0.290. The van der Waals surface area contributed by atoms with Gasteiger partial charge >= 0.3 is 0 Å². The van der Waals surface area contributed by atoms with E-state index in [0.29, 0.717) is 51.3 Å². The van der Waals surface area contributed by atoms with Crippen LogP contribution in [0.3, 0.4) is 0 Å². The Morgan fingerprint density at radius 2 is 1.76 bits per heavy atom. The van der Waals surface area contributed by atoms with Crippen molar-refractivity contribution in [1.82, 2.24) is 15.1 Å². The van der Waals surface area contributed by atoms with Crippen molar-refractivity contribution in [3.63, 3.8) is 0 Å². The van der Waals surface area contributed by atoms with Gasteiger partial charge in [0.15, 0.2) is 5.82 Å². The number of benzene rings is 2. The van der Waals surface area contributed by atoms with Crippen LogP contribution < -0.4 is 15.4 Å². The third kappa shape index (κ3) is 6.71. The van der Waals surface area contributed by atoms with E-state index in [-0.39, 0.29) is 5.82 Å². The second-order valence-corrected chi connectivity index (χ2v) is 9.65. The summed E-state index contributed by atoms with van der Waals surface area (Å²) in [6.45, 7) is 4.89. The zero-order valence-electron chi connectivity index (χ0n) is 22.0. The molecule has 0 atom stereocenters. The van der Waals surface area contributed by atoms with Gasteiger partial charge in [-0.05, 0) is 48.7 Å². The van der Waals surface area contributed by atoms with Crippen LogP contribution in [0.1, 0.15) is 30.4 Å².